The van der Waals surface area contributed by atoms with Crippen LogP contribution >= 0.6 is 12.2 Å². The number of amides is 1. The van der Waals surface area contributed by atoms with E-state index in [0.29, 0.717) is 36.7 Å². The Morgan fingerprint density at radius 2 is 1.83 bits per heavy atom. The second-order valence-electron chi connectivity index (χ2n) is 6.65. The highest BCUT2D eigenvalue weighted by Crippen LogP contribution is 2.17. The minimum atomic E-state index is -0.192. The standard InChI is InChI=1S/C22H23N3O3S/c1-2-28-20(26)10-7-14-3-5-15(6-4-14)13-24-22(27)19-12-17-11-16(21(23)29)8-9-18(17)25-19/h3-6,8-9,11-12,25H,2,7,10,13H2,1H3,(H2,23,29)(H,24,27). The maximum Gasteiger partial charge on any atom is 0.306 e. The zero-order valence-corrected chi connectivity index (χ0v) is 17.0. The summed E-state index contributed by atoms with van der Waals surface area (Å²) in [6, 6.07) is 15.1. The molecule has 2 aromatic carbocycles. The molecule has 7 heteroatoms. The lowest BCUT2D eigenvalue weighted by molar-refractivity contribution is -0.143. The number of thiocarbonyl (C=S) groups is 1. The molecule has 29 heavy (non-hydrogen) atoms. The lowest BCUT2D eigenvalue weighted by atomic mass is 10.1. The first-order valence-electron chi connectivity index (χ1n) is 9.40. The number of nitrogens with one attached hydrogen (secondary N) is 2. The summed E-state index contributed by atoms with van der Waals surface area (Å²) in [5.74, 6) is -0.382. The predicted octanol–water partition coefficient (Wildman–Crippen LogP) is 3.23. The van der Waals surface area contributed by atoms with E-state index in [1.165, 1.54) is 0 Å². The first-order chi connectivity index (χ1) is 14.0. The lowest BCUT2D eigenvalue weighted by Gasteiger charge is -2.06. The third kappa shape index (κ3) is 5.42. The predicted molar refractivity (Wildman–Crippen MR) is 117 cm³/mol. The van der Waals surface area contributed by atoms with Gasteiger partial charge in [-0.15, -0.1) is 0 Å². The van der Waals surface area contributed by atoms with Crippen molar-refractivity contribution in [2.24, 2.45) is 5.73 Å². The van der Waals surface area contributed by atoms with E-state index in [4.69, 9.17) is 22.7 Å². The highest BCUT2D eigenvalue weighted by Gasteiger charge is 2.10. The Morgan fingerprint density at radius 1 is 1.10 bits per heavy atom. The number of aromatic amines is 1. The maximum absolute atomic E-state index is 12.5. The minimum Gasteiger partial charge on any atom is -0.466 e. The van der Waals surface area contributed by atoms with E-state index in [9.17, 15) is 9.59 Å². The van der Waals surface area contributed by atoms with Crippen LogP contribution in [0.1, 0.15) is 40.5 Å². The molecule has 150 valence electrons. The molecule has 6 nitrogen and oxygen atoms in total. The topological polar surface area (TPSA) is 97.2 Å². The molecule has 0 unspecified atom stereocenters. The van der Waals surface area contributed by atoms with Gasteiger partial charge in [0.25, 0.3) is 5.91 Å². The molecule has 1 amide bonds. The molecule has 0 fully saturated rings. The highest BCUT2D eigenvalue weighted by atomic mass is 32.1. The summed E-state index contributed by atoms with van der Waals surface area (Å²) in [5, 5.41) is 3.79. The third-order valence-electron chi connectivity index (χ3n) is 4.55. The molecule has 0 atom stereocenters. The number of fused-ring (bicyclic) bond motifs is 1. The monoisotopic (exact) mass is 409 g/mol. The van der Waals surface area contributed by atoms with Crippen LogP contribution in [0.2, 0.25) is 0 Å². The summed E-state index contributed by atoms with van der Waals surface area (Å²) in [5.41, 5.74) is 9.78. The molecule has 0 saturated heterocycles. The van der Waals surface area contributed by atoms with Crippen LogP contribution in [0.15, 0.2) is 48.5 Å². The van der Waals surface area contributed by atoms with E-state index in [-0.39, 0.29) is 11.9 Å². The van der Waals surface area contributed by atoms with Gasteiger partial charge in [0.15, 0.2) is 0 Å². The molecular weight excluding hydrogens is 386 g/mol. The number of hydrogen-bond acceptors (Lipinski definition) is 4. The number of ether oxygens (including phenoxy) is 1. The fourth-order valence-corrected chi connectivity index (χ4v) is 3.12. The van der Waals surface area contributed by atoms with Crippen molar-refractivity contribution in [2.45, 2.75) is 26.3 Å². The number of hydrogen-bond donors (Lipinski definition) is 3. The summed E-state index contributed by atoms with van der Waals surface area (Å²) >= 11 is 4.99. The zero-order valence-electron chi connectivity index (χ0n) is 16.2. The third-order valence-corrected chi connectivity index (χ3v) is 4.78. The van der Waals surface area contributed by atoms with Gasteiger partial charge >= 0.3 is 5.97 Å². The number of benzene rings is 2. The summed E-state index contributed by atoms with van der Waals surface area (Å²) in [6.45, 7) is 2.60. The lowest BCUT2D eigenvalue weighted by Crippen LogP contribution is -2.23. The van der Waals surface area contributed by atoms with Crippen molar-refractivity contribution in [3.05, 3.63) is 70.9 Å². The van der Waals surface area contributed by atoms with Gasteiger partial charge in [-0.1, -0.05) is 36.5 Å². The summed E-state index contributed by atoms with van der Waals surface area (Å²) in [7, 11) is 0. The van der Waals surface area contributed by atoms with Crippen molar-refractivity contribution >= 4 is 40.0 Å². The molecule has 0 bridgehead atoms. The number of carbonyl (C=O) groups is 2. The number of esters is 1. The zero-order chi connectivity index (χ0) is 20.8. The molecule has 0 radical (unpaired) electrons. The molecular formula is C22H23N3O3S. The average Bonchev–Trinajstić information content (AvgIpc) is 3.15. The maximum atomic E-state index is 12.5. The van der Waals surface area contributed by atoms with Gasteiger partial charge < -0.3 is 20.8 Å². The second kappa shape index (κ2) is 9.34. The van der Waals surface area contributed by atoms with Crippen LogP contribution in [0, 0.1) is 0 Å². The van der Waals surface area contributed by atoms with Crippen molar-refractivity contribution < 1.29 is 14.3 Å². The van der Waals surface area contributed by atoms with E-state index in [1.807, 2.05) is 42.5 Å². The molecule has 0 aliphatic heterocycles. The Balaban J connectivity index is 1.57. The van der Waals surface area contributed by atoms with Crippen molar-refractivity contribution in [2.75, 3.05) is 6.61 Å². The summed E-state index contributed by atoms with van der Waals surface area (Å²) < 4.78 is 4.93. The van der Waals surface area contributed by atoms with E-state index in [2.05, 4.69) is 10.3 Å². The first-order valence-corrected chi connectivity index (χ1v) is 9.81. The molecule has 1 heterocycles. The van der Waals surface area contributed by atoms with Crippen molar-refractivity contribution in [1.29, 1.82) is 0 Å². The Kier molecular flexibility index (Phi) is 6.61. The van der Waals surface area contributed by atoms with Crippen molar-refractivity contribution in [1.82, 2.24) is 10.3 Å². The van der Waals surface area contributed by atoms with Crippen LogP contribution in [-0.4, -0.2) is 28.5 Å². The van der Waals surface area contributed by atoms with Gasteiger partial charge in [-0.3, -0.25) is 9.59 Å². The largest absolute Gasteiger partial charge is 0.466 e. The van der Waals surface area contributed by atoms with Crippen LogP contribution in [0.5, 0.6) is 0 Å². The SMILES string of the molecule is CCOC(=O)CCc1ccc(CNC(=O)c2cc3cc(C(N)=S)ccc3[nH]2)cc1. The Morgan fingerprint density at radius 3 is 2.52 bits per heavy atom. The van der Waals surface area contributed by atoms with Gasteiger partial charge in [0.2, 0.25) is 0 Å². The number of carbonyl (C=O) groups excluding carboxylic acids is 2. The smallest absolute Gasteiger partial charge is 0.306 e. The fourth-order valence-electron chi connectivity index (χ4n) is 2.99. The highest BCUT2D eigenvalue weighted by molar-refractivity contribution is 7.80. The average molecular weight is 410 g/mol. The summed E-state index contributed by atoms with van der Waals surface area (Å²) in [4.78, 5) is 27.3. The van der Waals surface area contributed by atoms with Crippen LogP contribution in [0.3, 0.4) is 0 Å². The van der Waals surface area contributed by atoms with Crippen molar-refractivity contribution in [3.63, 3.8) is 0 Å². The van der Waals surface area contributed by atoms with Gasteiger partial charge in [0, 0.05) is 29.4 Å². The molecule has 0 spiro atoms. The number of aromatic nitrogens is 1. The molecule has 0 aliphatic rings. The number of H-pyrrole nitrogens is 1. The molecule has 4 N–H and O–H groups in total. The molecule has 0 saturated carbocycles. The van der Waals surface area contributed by atoms with E-state index in [0.717, 1.165) is 27.6 Å². The number of rotatable bonds is 8. The van der Waals surface area contributed by atoms with Crippen molar-refractivity contribution in [3.8, 4) is 0 Å². The molecule has 1 aromatic heterocycles. The van der Waals surface area contributed by atoms with Gasteiger partial charge in [-0.25, -0.2) is 0 Å². The Bertz CT molecular complexity index is 1040. The van der Waals surface area contributed by atoms with Gasteiger partial charge in [-0.2, -0.15) is 0 Å². The van der Waals surface area contributed by atoms with E-state index in [1.54, 1.807) is 13.0 Å². The first kappa shape index (κ1) is 20.5. The second-order valence-corrected chi connectivity index (χ2v) is 7.09. The van der Waals surface area contributed by atoms with Gasteiger partial charge in [0.05, 0.1) is 6.61 Å². The van der Waals surface area contributed by atoms with Crippen LogP contribution in [0.25, 0.3) is 10.9 Å². The van der Waals surface area contributed by atoms with Gasteiger partial charge in [0.1, 0.15) is 10.7 Å². The Hall–Kier alpha value is -3.19. The summed E-state index contributed by atoms with van der Waals surface area (Å²) in [6.07, 6.45) is 0.996. The van der Waals surface area contributed by atoms with Crippen LogP contribution in [-0.2, 0) is 22.5 Å². The molecule has 3 rings (SSSR count). The van der Waals surface area contributed by atoms with E-state index < -0.39 is 0 Å². The van der Waals surface area contributed by atoms with Gasteiger partial charge in [-0.05, 0) is 48.7 Å². The van der Waals surface area contributed by atoms with Crippen LogP contribution < -0.4 is 11.1 Å². The Labute approximate surface area is 174 Å². The number of nitrogens with two attached hydrogens (primary N) is 1. The fraction of sp³-hybridized carbons (Fsp3) is 0.227. The molecule has 0 aliphatic carbocycles. The quantitative estimate of drug-likeness (QED) is 0.392. The van der Waals surface area contributed by atoms with E-state index >= 15 is 0 Å². The molecule has 3 aromatic rings. The normalized spacial score (nSPS) is 10.7. The number of aryl methyl sites for hydroxylation is 1. The van der Waals surface area contributed by atoms with Crippen LogP contribution in [0.4, 0.5) is 0 Å². The minimum absolute atomic E-state index is 0.190.